The number of carbonyl (C=O) groups excluding carboxylic acids is 3. The first kappa shape index (κ1) is 27.9. The number of hydrogen-bond acceptors (Lipinski definition) is 3. The highest BCUT2D eigenvalue weighted by Gasteiger charge is 2.18. The minimum Gasteiger partial charge on any atom is -0.289 e. The van der Waals surface area contributed by atoms with Crippen molar-refractivity contribution in [2.24, 2.45) is 0 Å². The summed E-state index contributed by atoms with van der Waals surface area (Å²) in [5.41, 5.74) is 1.36. The van der Waals surface area contributed by atoms with Crippen LogP contribution in [0.5, 0.6) is 0 Å². The van der Waals surface area contributed by atoms with Crippen LogP contribution in [0, 0.1) is 23.3 Å². The fourth-order valence-electron chi connectivity index (χ4n) is 3.72. The molecule has 0 amide bonds. The fourth-order valence-corrected chi connectivity index (χ4v) is 3.72. The van der Waals surface area contributed by atoms with E-state index in [1.807, 2.05) is 0 Å². The van der Waals surface area contributed by atoms with Gasteiger partial charge >= 0.3 is 0 Å². The van der Waals surface area contributed by atoms with Gasteiger partial charge in [0, 0.05) is 27.8 Å². The average molecular weight is 541 g/mol. The molecule has 0 saturated carbocycles. The summed E-state index contributed by atoms with van der Waals surface area (Å²) in [6.45, 7) is 0. The maximum atomic E-state index is 14.0. The second-order valence-electron chi connectivity index (χ2n) is 8.57. The maximum Gasteiger partial charge on any atom is 0.195 e. The van der Waals surface area contributed by atoms with E-state index in [9.17, 15) is 31.9 Å². The zero-order chi connectivity index (χ0) is 28.6. The molecule has 0 aliphatic rings. The van der Waals surface area contributed by atoms with Gasteiger partial charge in [-0.15, -0.1) is 0 Å². The monoisotopic (exact) mass is 540 g/mol. The van der Waals surface area contributed by atoms with E-state index in [1.54, 1.807) is 30.3 Å². The van der Waals surface area contributed by atoms with Gasteiger partial charge in [-0.3, -0.25) is 14.4 Å². The highest BCUT2D eigenvalue weighted by atomic mass is 19.1. The van der Waals surface area contributed by atoms with Gasteiger partial charge in [0.2, 0.25) is 0 Å². The molecular weight excluding hydrogens is 520 g/mol. The number of hydrogen-bond donors (Lipinski definition) is 0. The smallest absolute Gasteiger partial charge is 0.195 e. The van der Waals surface area contributed by atoms with E-state index in [4.69, 9.17) is 0 Å². The third-order valence-electron chi connectivity index (χ3n) is 5.83. The van der Waals surface area contributed by atoms with Gasteiger partial charge in [0.05, 0.1) is 5.56 Å². The van der Waals surface area contributed by atoms with Gasteiger partial charge in [-0.05, 0) is 91.0 Å². The molecule has 0 unspecified atom stereocenters. The molecule has 0 aliphatic carbocycles. The summed E-state index contributed by atoms with van der Waals surface area (Å²) in [5, 5.41) is 0. The second kappa shape index (κ2) is 12.6. The molecule has 0 aliphatic heterocycles. The molecular formula is C33H20F4O3. The van der Waals surface area contributed by atoms with Gasteiger partial charge in [0.25, 0.3) is 0 Å². The fraction of sp³-hybridized carbons (Fsp3) is 0. The number of benzene rings is 5. The highest BCUT2D eigenvalue weighted by molar-refractivity contribution is 6.13. The lowest BCUT2D eigenvalue weighted by molar-refractivity contribution is 0.102. The van der Waals surface area contributed by atoms with Gasteiger partial charge in [-0.2, -0.15) is 0 Å². The standard InChI is InChI=1S/C20H12F2O2.C13H8F2O/c21-16-9-6-14(7-10-16)19(23)15-8-11-18(22)17(12-15)20(24)13-4-2-1-3-5-13;14-11-5-1-9(2-6-11)13(16)10-3-7-12(15)8-4-10/h1-12H;1-8H. The van der Waals surface area contributed by atoms with Crippen molar-refractivity contribution in [1.82, 2.24) is 0 Å². The van der Waals surface area contributed by atoms with Gasteiger partial charge in [-0.25, -0.2) is 17.6 Å². The highest BCUT2D eigenvalue weighted by Crippen LogP contribution is 2.18. The SMILES string of the molecule is O=C(c1ccc(F)cc1)c1ccc(F)c(C(=O)c2ccccc2)c1.O=C(c1ccc(F)cc1)c1ccc(F)cc1. The molecule has 0 spiro atoms. The third-order valence-corrected chi connectivity index (χ3v) is 5.83. The number of rotatable bonds is 6. The lowest BCUT2D eigenvalue weighted by atomic mass is 9.97. The van der Waals surface area contributed by atoms with Crippen LogP contribution >= 0.6 is 0 Å². The Balaban J connectivity index is 0.000000201. The molecule has 40 heavy (non-hydrogen) atoms. The molecule has 0 fully saturated rings. The zero-order valence-electron chi connectivity index (χ0n) is 20.8. The van der Waals surface area contributed by atoms with Crippen LogP contribution in [-0.2, 0) is 0 Å². The molecule has 0 N–H and O–H groups in total. The van der Waals surface area contributed by atoms with Crippen molar-refractivity contribution in [2.75, 3.05) is 0 Å². The van der Waals surface area contributed by atoms with E-state index in [0.717, 1.165) is 6.07 Å². The van der Waals surface area contributed by atoms with E-state index in [2.05, 4.69) is 0 Å². The van der Waals surface area contributed by atoms with Crippen LogP contribution in [0.3, 0.4) is 0 Å². The van der Waals surface area contributed by atoms with Crippen LogP contribution in [0.15, 0.2) is 121 Å². The summed E-state index contributed by atoms with van der Waals surface area (Å²) in [6, 6.07) is 27.4. The van der Waals surface area contributed by atoms with E-state index < -0.39 is 34.8 Å². The van der Waals surface area contributed by atoms with Crippen LogP contribution in [0.25, 0.3) is 0 Å². The Bertz CT molecular complexity index is 1600. The normalized spacial score (nSPS) is 10.3. The summed E-state index contributed by atoms with van der Waals surface area (Å²) < 4.78 is 52.3. The topological polar surface area (TPSA) is 51.2 Å². The molecule has 5 aromatic rings. The van der Waals surface area contributed by atoms with Crippen molar-refractivity contribution in [3.63, 3.8) is 0 Å². The zero-order valence-corrected chi connectivity index (χ0v) is 20.8. The van der Waals surface area contributed by atoms with Crippen molar-refractivity contribution in [1.29, 1.82) is 0 Å². The van der Waals surface area contributed by atoms with Crippen LogP contribution in [0.4, 0.5) is 17.6 Å². The Morgan fingerprint density at radius 2 is 0.725 bits per heavy atom. The minimum atomic E-state index is -0.695. The first-order chi connectivity index (χ1) is 19.2. The quantitative estimate of drug-likeness (QED) is 0.164. The van der Waals surface area contributed by atoms with Crippen LogP contribution < -0.4 is 0 Å². The van der Waals surface area contributed by atoms with Crippen molar-refractivity contribution < 1.29 is 31.9 Å². The molecule has 0 heterocycles. The van der Waals surface area contributed by atoms with E-state index in [-0.39, 0.29) is 22.5 Å². The number of ketones is 3. The predicted octanol–water partition coefficient (Wildman–Crippen LogP) is 7.62. The molecule has 0 bridgehead atoms. The largest absolute Gasteiger partial charge is 0.289 e. The summed E-state index contributed by atoms with van der Waals surface area (Å²) in [4.78, 5) is 36.7. The van der Waals surface area contributed by atoms with Crippen molar-refractivity contribution in [2.45, 2.75) is 0 Å². The van der Waals surface area contributed by atoms with E-state index in [0.29, 0.717) is 16.7 Å². The van der Waals surface area contributed by atoms with Gasteiger partial charge in [0.15, 0.2) is 17.3 Å². The van der Waals surface area contributed by atoms with Crippen molar-refractivity contribution in [3.05, 3.63) is 178 Å². The molecule has 0 atom stereocenters. The lowest BCUT2D eigenvalue weighted by Crippen LogP contribution is -2.08. The molecule has 5 aromatic carbocycles. The first-order valence-corrected chi connectivity index (χ1v) is 12.0. The van der Waals surface area contributed by atoms with Crippen LogP contribution in [0.1, 0.15) is 47.8 Å². The predicted molar refractivity (Wildman–Crippen MR) is 142 cm³/mol. The Morgan fingerprint density at radius 3 is 1.15 bits per heavy atom. The molecule has 3 nitrogen and oxygen atoms in total. The van der Waals surface area contributed by atoms with Crippen molar-refractivity contribution >= 4 is 17.3 Å². The van der Waals surface area contributed by atoms with Gasteiger partial charge < -0.3 is 0 Å². The molecule has 0 radical (unpaired) electrons. The molecule has 198 valence electrons. The molecule has 7 heteroatoms. The summed E-state index contributed by atoms with van der Waals surface area (Å²) in [5.74, 6) is -3.09. The lowest BCUT2D eigenvalue weighted by Gasteiger charge is -2.06. The van der Waals surface area contributed by atoms with Crippen LogP contribution in [-0.4, -0.2) is 17.3 Å². The number of carbonyl (C=O) groups is 3. The average Bonchev–Trinajstić information content (AvgIpc) is 2.98. The molecule has 0 aromatic heterocycles. The third kappa shape index (κ3) is 6.82. The van der Waals surface area contributed by atoms with Crippen molar-refractivity contribution in [3.8, 4) is 0 Å². The van der Waals surface area contributed by atoms with Gasteiger partial charge in [-0.1, -0.05) is 30.3 Å². The summed E-state index contributed by atoms with van der Waals surface area (Å²) in [6.07, 6.45) is 0. The summed E-state index contributed by atoms with van der Waals surface area (Å²) >= 11 is 0. The Hall–Kier alpha value is -5.17. The summed E-state index contributed by atoms with van der Waals surface area (Å²) in [7, 11) is 0. The Kier molecular flexibility index (Phi) is 8.76. The first-order valence-electron chi connectivity index (χ1n) is 12.0. The van der Waals surface area contributed by atoms with Crippen LogP contribution in [0.2, 0.25) is 0 Å². The van der Waals surface area contributed by atoms with Gasteiger partial charge in [0.1, 0.15) is 23.3 Å². The van der Waals surface area contributed by atoms with E-state index in [1.165, 1.54) is 84.9 Å². The number of halogens is 4. The minimum absolute atomic E-state index is 0.169. The Morgan fingerprint density at radius 1 is 0.375 bits per heavy atom. The van der Waals surface area contributed by atoms with E-state index >= 15 is 0 Å². The maximum absolute atomic E-state index is 14.0. The molecule has 0 saturated heterocycles. The Labute approximate surface area is 227 Å². The second-order valence-corrected chi connectivity index (χ2v) is 8.57. The molecule has 5 rings (SSSR count).